The van der Waals surface area contributed by atoms with E-state index in [1.165, 1.54) is 12.8 Å². The van der Waals surface area contributed by atoms with E-state index in [4.69, 9.17) is 4.98 Å². The summed E-state index contributed by atoms with van der Waals surface area (Å²) in [6.07, 6.45) is 4.46. The van der Waals surface area contributed by atoms with Gasteiger partial charge in [-0.05, 0) is 32.8 Å². The molecule has 2 aliphatic rings. The van der Waals surface area contributed by atoms with E-state index in [-0.39, 0.29) is 24.8 Å². The van der Waals surface area contributed by atoms with Crippen molar-refractivity contribution in [3.63, 3.8) is 0 Å². The minimum absolute atomic E-state index is 0. The number of anilines is 1. The highest BCUT2D eigenvalue weighted by atomic mass is 35.5. The summed E-state index contributed by atoms with van der Waals surface area (Å²) in [4.78, 5) is 14.0. The van der Waals surface area contributed by atoms with Crippen LogP contribution in [0.25, 0.3) is 0 Å². The van der Waals surface area contributed by atoms with Crippen molar-refractivity contribution in [3.8, 4) is 0 Å². The number of hydrogen-bond acceptors (Lipinski definition) is 4. The Labute approximate surface area is 133 Å². The lowest BCUT2D eigenvalue weighted by Crippen LogP contribution is -2.49. The fraction of sp³-hybridized carbons (Fsp3) is 0.714. The van der Waals surface area contributed by atoms with Gasteiger partial charge in [-0.3, -0.25) is 4.90 Å². The lowest BCUT2D eigenvalue weighted by molar-refractivity contribution is 0.209. The highest BCUT2D eigenvalue weighted by Gasteiger charge is 2.27. The maximum absolute atomic E-state index is 4.72. The summed E-state index contributed by atoms with van der Waals surface area (Å²) in [5.74, 6) is 2.82. The van der Waals surface area contributed by atoms with Crippen LogP contribution >= 0.6 is 24.8 Å². The lowest BCUT2D eigenvalue weighted by Gasteiger charge is -2.37. The van der Waals surface area contributed by atoms with E-state index < -0.39 is 0 Å². The Morgan fingerprint density at radius 1 is 1.10 bits per heavy atom. The van der Waals surface area contributed by atoms with Gasteiger partial charge in [0.05, 0.1) is 0 Å². The third kappa shape index (κ3) is 3.96. The average Bonchev–Trinajstić information content (AvgIpc) is 3.23. The second-order valence-corrected chi connectivity index (χ2v) is 5.66. The quantitative estimate of drug-likeness (QED) is 0.857. The second kappa shape index (κ2) is 7.43. The van der Waals surface area contributed by atoms with Crippen molar-refractivity contribution in [1.29, 1.82) is 0 Å². The van der Waals surface area contributed by atoms with Crippen LogP contribution in [-0.2, 0) is 0 Å². The minimum Gasteiger partial charge on any atom is -0.354 e. The van der Waals surface area contributed by atoms with Gasteiger partial charge in [-0.25, -0.2) is 9.97 Å². The summed E-state index contributed by atoms with van der Waals surface area (Å²) < 4.78 is 0. The van der Waals surface area contributed by atoms with Crippen LogP contribution in [-0.4, -0.2) is 47.1 Å². The monoisotopic (exact) mass is 318 g/mol. The summed E-state index contributed by atoms with van der Waals surface area (Å²) >= 11 is 0. The molecule has 2 heterocycles. The number of nitrogens with zero attached hydrogens (tertiary/aromatic N) is 4. The first kappa shape index (κ1) is 17.5. The Balaban J connectivity index is 0.000001000. The zero-order valence-electron chi connectivity index (χ0n) is 12.2. The van der Waals surface area contributed by atoms with Crippen LogP contribution in [0, 0.1) is 0 Å². The molecule has 0 amide bonds. The molecule has 0 radical (unpaired) electrons. The highest BCUT2D eigenvalue weighted by molar-refractivity contribution is 5.85. The smallest absolute Gasteiger partial charge is 0.133 e. The molecule has 20 heavy (non-hydrogen) atoms. The number of rotatable bonds is 3. The van der Waals surface area contributed by atoms with E-state index in [2.05, 4.69) is 34.7 Å². The molecule has 1 aromatic heterocycles. The fourth-order valence-electron chi connectivity index (χ4n) is 2.55. The highest BCUT2D eigenvalue weighted by Crippen LogP contribution is 2.38. The fourth-order valence-corrected chi connectivity index (χ4v) is 2.55. The summed E-state index contributed by atoms with van der Waals surface area (Å²) in [6, 6.07) is 2.70. The van der Waals surface area contributed by atoms with Crippen LogP contribution in [0.3, 0.4) is 0 Å². The molecule has 0 bridgehead atoms. The molecule has 4 nitrogen and oxygen atoms in total. The molecule has 0 atom stereocenters. The number of aromatic nitrogens is 2. The first-order chi connectivity index (χ1) is 8.74. The van der Waals surface area contributed by atoms with Crippen LogP contribution in [0.5, 0.6) is 0 Å². The molecule has 0 aromatic carbocycles. The first-order valence-electron chi connectivity index (χ1n) is 7.06. The molecule has 0 unspecified atom stereocenters. The molecule has 1 aliphatic heterocycles. The SMILES string of the molecule is CC(C)N1CCN(c2ccnc(C3CC3)n2)CC1.Cl.Cl. The van der Waals surface area contributed by atoms with Crippen molar-refractivity contribution in [2.45, 2.75) is 38.6 Å². The van der Waals surface area contributed by atoms with Crippen LogP contribution in [0.15, 0.2) is 12.3 Å². The number of piperazine rings is 1. The summed E-state index contributed by atoms with van der Waals surface area (Å²) in [7, 11) is 0. The molecule has 6 heteroatoms. The minimum atomic E-state index is 0. The molecule has 1 aliphatic carbocycles. The lowest BCUT2D eigenvalue weighted by atomic mass is 10.2. The third-order valence-electron chi connectivity index (χ3n) is 3.97. The average molecular weight is 319 g/mol. The maximum atomic E-state index is 4.72. The molecule has 1 saturated carbocycles. The van der Waals surface area contributed by atoms with E-state index in [1.807, 2.05) is 6.20 Å². The topological polar surface area (TPSA) is 32.3 Å². The largest absolute Gasteiger partial charge is 0.354 e. The van der Waals surface area contributed by atoms with E-state index in [0.717, 1.165) is 37.8 Å². The molecular formula is C14H24Cl2N4. The maximum Gasteiger partial charge on any atom is 0.133 e. The Morgan fingerprint density at radius 2 is 1.75 bits per heavy atom. The Hall–Kier alpha value is -0.580. The van der Waals surface area contributed by atoms with E-state index >= 15 is 0 Å². The van der Waals surface area contributed by atoms with Gasteiger partial charge in [0, 0.05) is 44.3 Å². The molecule has 1 saturated heterocycles. The van der Waals surface area contributed by atoms with Crippen molar-refractivity contribution in [3.05, 3.63) is 18.1 Å². The van der Waals surface area contributed by atoms with E-state index in [1.54, 1.807) is 0 Å². The normalized spacial score (nSPS) is 19.4. The molecule has 3 rings (SSSR count). The van der Waals surface area contributed by atoms with Gasteiger partial charge in [0.1, 0.15) is 11.6 Å². The first-order valence-corrected chi connectivity index (χ1v) is 7.06. The second-order valence-electron chi connectivity index (χ2n) is 5.66. The number of hydrogen-bond donors (Lipinski definition) is 0. The van der Waals surface area contributed by atoms with Gasteiger partial charge in [0.15, 0.2) is 0 Å². The Bertz CT molecular complexity index is 415. The van der Waals surface area contributed by atoms with Gasteiger partial charge in [0.25, 0.3) is 0 Å². The molecule has 2 fully saturated rings. The molecule has 0 spiro atoms. The zero-order valence-corrected chi connectivity index (χ0v) is 13.8. The molecule has 0 N–H and O–H groups in total. The van der Waals surface area contributed by atoms with Crippen molar-refractivity contribution >= 4 is 30.6 Å². The van der Waals surface area contributed by atoms with Gasteiger partial charge in [-0.1, -0.05) is 0 Å². The van der Waals surface area contributed by atoms with Crippen molar-refractivity contribution in [2.24, 2.45) is 0 Å². The summed E-state index contributed by atoms with van der Waals surface area (Å²) in [5.41, 5.74) is 0. The number of halogens is 2. The molecular weight excluding hydrogens is 295 g/mol. The van der Waals surface area contributed by atoms with Crippen molar-refractivity contribution < 1.29 is 0 Å². The van der Waals surface area contributed by atoms with Gasteiger partial charge < -0.3 is 4.90 Å². The van der Waals surface area contributed by atoms with Crippen LogP contribution < -0.4 is 4.90 Å². The Kier molecular flexibility index (Phi) is 6.49. The summed E-state index contributed by atoms with van der Waals surface area (Å²) in [5, 5.41) is 0. The van der Waals surface area contributed by atoms with Gasteiger partial charge >= 0.3 is 0 Å². The Morgan fingerprint density at radius 3 is 2.30 bits per heavy atom. The van der Waals surface area contributed by atoms with Crippen LogP contribution in [0.1, 0.15) is 38.4 Å². The standard InChI is InChI=1S/C14H22N4.2ClH/c1-11(2)17-7-9-18(10-8-17)13-5-6-15-14(16-13)12-3-4-12;;/h5-6,11-12H,3-4,7-10H2,1-2H3;2*1H. The van der Waals surface area contributed by atoms with Crippen LogP contribution in [0.4, 0.5) is 5.82 Å². The summed E-state index contributed by atoms with van der Waals surface area (Å²) in [6.45, 7) is 8.98. The van der Waals surface area contributed by atoms with Crippen molar-refractivity contribution in [1.82, 2.24) is 14.9 Å². The van der Waals surface area contributed by atoms with E-state index in [9.17, 15) is 0 Å². The molecule has 1 aromatic rings. The predicted molar refractivity (Wildman–Crippen MR) is 87.4 cm³/mol. The van der Waals surface area contributed by atoms with Crippen LogP contribution in [0.2, 0.25) is 0 Å². The van der Waals surface area contributed by atoms with Gasteiger partial charge in [-0.2, -0.15) is 0 Å². The van der Waals surface area contributed by atoms with Crippen molar-refractivity contribution in [2.75, 3.05) is 31.1 Å². The van der Waals surface area contributed by atoms with E-state index in [0.29, 0.717) is 12.0 Å². The third-order valence-corrected chi connectivity index (χ3v) is 3.97. The zero-order chi connectivity index (χ0) is 12.5. The predicted octanol–water partition coefficient (Wildman–Crippen LogP) is 2.73. The van der Waals surface area contributed by atoms with Gasteiger partial charge in [-0.15, -0.1) is 24.8 Å². The van der Waals surface area contributed by atoms with Gasteiger partial charge in [0.2, 0.25) is 0 Å². The molecule has 114 valence electrons.